The number of aryl methyl sites for hydroxylation is 1. The van der Waals surface area contributed by atoms with Gasteiger partial charge in [0.2, 0.25) is 5.88 Å². The largest absolute Gasteiger partial charge is 0.481 e. The van der Waals surface area contributed by atoms with Gasteiger partial charge >= 0.3 is 6.09 Å². The SMILES string of the molecule is COc1ccc2c(n1)N(c1ccc3c(c1)CCCC3CNC(=O)OC(C)(C)C)C(=O)CN2. The summed E-state index contributed by atoms with van der Waals surface area (Å²) in [4.78, 5) is 31.0. The molecule has 2 N–H and O–H groups in total. The summed E-state index contributed by atoms with van der Waals surface area (Å²) < 4.78 is 10.6. The molecule has 1 atom stereocenters. The van der Waals surface area contributed by atoms with Gasteiger partial charge in [-0.2, -0.15) is 4.98 Å². The lowest BCUT2D eigenvalue weighted by atomic mass is 9.82. The summed E-state index contributed by atoms with van der Waals surface area (Å²) in [6.07, 6.45) is 2.56. The third kappa shape index (κ3) is 4.64. The van der Waals surface area contributed by atoms with Crippen LogP contribution in [0.25, 0.3) is 0 Å². The first-order valence-corrected chi connectivity index (χ1v) is 11.0. The van der Waals surface area contributed by atoms with Gasteiger partial charge in [-0.3, -0.25) is 9.69 Å². The zero-order valence-electron chi connectivity index (χ0n) is 19.0. The molecule has 1 aliphatic heterocycles. The molecule has 2 aromatic rings. The molecular weight excluding hydrogens is 408 g/mol. The van der Waals surface area contributed by atoms with Gasteiger partial charge in [0.25, 0.3) is 5.91 Å². The van der Waals surface area contributed by atoms with E-state index in [1.807, 2.05) is 32.9 Å². The Hall–Kier alpha value is -3.29. The summed E-state index contributed by atoms with van der Waals surface area (Å²) in [5.41, 5.74) is 3.46. The summed E-state index contributed by atoms with van der Waals surface area (Å²) in [6.45, 7) is 6.29. The maximum absolute atomic E-state index is 12.8. The molecular formula is C24H30N4O4. The zero-order valence-corrected chi connectivity index (χ0v) is 19.0. The number of alkyl carbamates (subject to hydrolysis) is 1. The Kier molecular flexibility index (Phi) is 5.95. The first kappa shape index (κ1) is 21.9. The average molecular weight is 439 g/mol. The highest BCUT2D eigenvalue weighted by Gasteiger charge is 2.29. The minimum absolute atomic E-state index is 0.0721. The Morgan fingerprint density at radius 2 is 2.09 bits per heavy atom. The Morgan fingerprint density at radius 3 is 2.84 bits per heavy atom. The summed E-state index contributed by atoms with van der Waals surface area (Å²) in [5, 5.41) is 6.02. The summed E-state index contributed by atoms with van der Waals surface area (Å²) in [6, 6.07) is 9.74. The molecule has 1 unspecified atom stereocenters. The fourth-order valence-electron chi connectivity index (χ4n) is 4.26. The Balaban J connectivity index is 1.57. The van der Waals surface area contributed by atoms with Gasteiger partial charge in [0.05, 0.1) is 25.0 Å². The monoisotopic (exact) mass is 438 g/mol. The molecule has 0 saturated heterocycles. The first-order chi connectivity index (χ1) is 15.2. The Morgan fingerprint density at radius 1 is 1.28 bits per heavy atom. The maximum atomic E-state index is 12.8. The van der Waals surface area contributed by atoms with Crippen LogP contribution in [0.15, 0.2) is 30.3 Å². The van der Waals surface area contributed by atoms with Gasteiger partial charge in [-0.25, -0.2) is 4.79 Å². The van der Waals surface area contributed by atoms with Crippen LogP contribution < -0.4 is 20.3 Å². The number of nitrogens with one attached hydrogen (secondary N) is 2. The minimum Gasteiger partial charge on any atom is -0.481 e. The van der Waals surface area contributed by atoms with E-state index in [9.17, 15) is 9.59 Å². The number of benzene rings is 1. The molecule has 2 heterocycles. The van der Waals surface area contributed by atoms with Crippen LogP contribution in [0.3, 0.4) is 0 Å². The van der Waals surface area contributed by atoms with Gasteiger partial charge in [-0.05, 0) is 69.4 Å². The highest BCUT2D eigenvalue weighted by molar-refractivity contribution is 6.07. The number of pyridine rings is 1. The Bertz CT molecular complexity index is 1030. The second kappa shape index (κ2) is 8.68. The predicted molar refractivity (Wildman–Crippen MR) is 123 cm³/mol. The van der Waals surface area contributed by atoms with Crippen molar-refractivity contribution in [2.45, 2.75) is 51.6 Å². The van der Waals surface area contributed by atoms with Gasteiger partial charge in [-0.1, -0.05) is 6.07 Å². The van der Waals surface area contributed by atoms with Crippen LogP contribution in [0.2, 0.25) is 0 Å². The van der Waals surface area contributed by atoms with Crippen LogP contribution in [0.5, 0.6) is 5.88 Å². The van der Waals surface area contributed by atoms with Crippen LogP contribution in [0.1, 0.15) is 50.7 Å². The van der Waals surface area contributed by atoms with E-state index in [1.54, 1.807) is 18.1 Å². The van der Waals surface area contributed by atoms with Crippen molar-refractivity contribution < 1.29 is 19.1 Å². The molecule has 8 heteroatoms. The van der Waals surface area contributed by atoms with E-state index in [0.717, 1.165) is 30.6 Å². The van der Waals surface area contributed by atoms with E-state index in [1.165, 1.54) is 11.1 Å². The minimum atomic E-state index is -0.522. The molecule has 1 aromatic carbocycles. The molecule has 2 amide bonds. The highest BCUT2D eigenvalue weighted by Crippen LogP contribution is 2.38. The van der Waals surface area contributed by atoms with Crippen molar-refractivity contribution in [3.8, 4) is 5.88 Å². The third-order valence-corrected chi connectivity index (χ3v) is 5.66. The fraction of sp³-hybridized carbons (Fsp3) is 0.458. The number of hydrogen-bond acceptors (Lipinski definition) is 6. The zero-order chi connectivity index (χ0) is 22.9. The smallest absolute Gasteiger partial charge is 0.407 e. The lowest BCUT2D eigenvalue weighted by Crippen LogP contribution is -2.37. The summed E-state index contributed by atoms with van der Waals surface area (Å²) in [5.74, 6) is 1.14. The van der Waals surface area contributed by atoms with E-state index in [2.05, 4.69) is 27.8 Å². The number of anilines is 3. The number of aromatic nitrogens is 1. The molecule has 4 rings (SSSR count). The van der Waals surface area contributed by atoms with Crippen molar-refractivity contribution in [1.82, 2.24) is 10.3 Å². The number of hydrogen-bond donors (Lipinski definition) is 2. The van der Waals surface area contributed by atoms with Crippen molar-refractivity contribution in [3.05, 3.63) is 41.5 Å². The summed E-state index contributed by atoms with van der Waals surface area (Å²) >= 11 is 0. The van der Waals surface area contributed by atoms with E-state index in [0.29, 0.717) is 18.2 Å². The van der Waals surface area contributed by atoms with E-state index >= 15 is 0 Å². The Labute approximate surface area is 188 Å². The molecule has 0 spiro atoms. The average Bonchev–Trinajstić information content (AvgIpc) is 2.75. The number of carbonyl (C=O) groups excluding carboxylic acids is 2. The van der Waals surface area contributed by atoms with Crippen molar-refractivity contribution in [2.24, 2.45) is 0 Å². The first-order valence-electron chi connectivity index (χ1n) is 11.0. The second-order valence-electron chi connectivity index (χ2n) is 9.16. The lowest BCUT2D eigenvalue weighted by molar-refractivity contribution is -0.116. The van der Waals surface area contributed by atoms with Crippen molar-refractivity contribution >= 4 is 29.2 Å². The van der Waals surface area contributed by atoms with Crippen LogP contribution in [-0.4, -0.2) is 42.8 Å². The standard InChI is InChI=1S/C24H30N4O4/c1-24(2,3)32-23(30)26-13-16-7-5-6-15-12-17(8-9-18(15)16)28-21(29)14-25-19-10-11-20(31-4)27-22(19)28/h8-12,16,25H,5-7,13-14H2,1-4H3,(H,26,30). The molecule has 8 nitrogen and oxygen atoms in total. The summed E-state index contributed by atoms with van der Waals surface area (Å²) in [7, 11) is 1.56. The molecule has 1 aromatic heterocycles. The number of nitrogens with zero attached hydrogens (tertiary/aromatic N) is 2. The molecule has 2 aliphatic rings. The normalized spacial score (nSPS) is 17.7. The van der Waals surface area contributed by atoms with Gasteiger partial charge in [0, 0.05) is 18.5 Å². The van der Waals surface area contributed by atoms with Gasteiger partial charge in [-0.15, -0.1) is 0 Å². The van der Waals surface area contributed by atoms with E-state index in [-0.39, 0.29) is 18.4 Å². The van der Waals surface area contributed by atoms with Crippen LogP contribution in [-0.2, 0) is 16.0 Å². The van der Waals surface area contributed by atoms with Gasteiger partial charge in [0.1, 0.15) is 5.60 Å². The molecule has 0 fully saturated rings. The van der Waals surface area contributed by atoms with Crippen molar-refractivity contribution in [1.29, 1.82) is 0 Å². The van der Waals surface area contributed by atoms with Crippen LogP contribution in [0, 0.1) is 0 Å². The number of carbonyl (C=O) groups is 2. The molecule has 170 valence electrons. The highest BCUT2D eigenvalue weighted by atomic mass is 16.6. The molecule has 0 bridgehead atoms. The number of ether oxygens (including phenoxy) is 2. The topological polar surface area (TPSA) is 92.8 Å². The van der Waals surface area contributed by atoms with Crippen LogP contribution >= 0.6 is 0 Å². The quantitative estimate of drug-likeness (QED) is 0.746. The number of fused-ring (bicyclic) bond motifs is 2. The number of methoxy groups -OCH3 is 1. The van der Waals surface area contributed by atoms with Crippen LogP contribution in [0.4, 0.5) is 22.0 Å². The lowest BCUT2D eigenvalue weighted by Gasteiger charge is -2.31. The number of amides is 2. The van der Waals surface area contributed by atoms with Gasteiger partial charge < -0.3 is 20.1 Å². The van der Waals surface area contributed by atoms with Gasteiger partial charge in [0.15, 0.2) is 5.82 Å². The molecule has 1 aliphatic carbocycles. The maximum Gasteiger partial charge on any atom is 0.407 e. The fourth-order valence-corrected chi connectivity index (χ4v) is 4.26. The van der Waals surface area contributed by atoms with E-state index in [4.69, 9.17) is 9.47 Å². The molecule has 0 radical (unpaired) electrons. The van der Waals surface area contributed by atoms with Crippen molar-refractivity contribution in [2.75, 3.05) is 30.4 Å². The second-order valence-corrected chi connectivity index (χ2v) is 9.16. The molecule has 32 heavy (non-hydrogen) atoms. The molecule has 0 saturated carbocycles. The van der Waals surface area contributed by atoms with E-state index < -0.39 is 11.7 Å². The number of rotatable bonds is 4. The third-order valence-electron chi connectivity index (χ3n) is 5.66. The predicted octanol–water partition coefficient (Wildman–Crippen LogP) is 4.13. The van der Waals surface area contributed by atoms with Crippen molar-refractivity contribution in [3.63, 3.8) is 0 Å².